The van der Waals surface area contributed by atoms with Gasteiger partial charge in [0, 0.05) is 5.02 Å². The molecule has 0 spiro atoms. The SMILES string of the molecule is CCOC(=O)CNC(=O)c1cc(Cl)cc(C)c1NC(=O)c1cc(C)nn1-c1ccccc1Cl. The van der Waals surface area contributed by atoms with Gasteiger partial charge in [-0.05, 0) is 56.7 Å². The number of carbonyl (C=O) groups excluding carboxylic acids is 3. The lowest BCUT2D eigenvalue weighted by Gasteiger charge is -2.15. The van der Waals surface area contributed by atoms with E-state index in [4.69, 9.17) is 27.9 Å². The molecule has 33 heavy (non-hydrogen) atoms. The number of amides is 2. The maximum Gasteiger partial charge on any atom is 0.325 e. The molecule has 0 aliphatic carbocycles. The van der Waals surface area contributed by atoms with Crippen LogP contribution >= 0.6 is 23.2 Å². The van der Waals surface area contributed by atoms with Gasteiger partial charge >= 0.3 is 5.97 Å². The number of aromatic nitrogens is 2. The Labute approximate surface area is 200 Å². The van der Waals surface area contributed by atoms with Crippen molar-refractivity contribution in [1.29, 1.82) is 0 Å². The normalized spacial score (nSPS) is 10.6. The Bertz CT molecular complexity index is 1220. The van der Waals surface area contributed by atoms with Crippen molar-refractivity contribution >= 4 is 46.7 Å². The summed E-state index contributed by atoms with van der Waals surface area (Å²) in [6, 6.07) is 11.7. The van der Waals surface area contributed by atoms with Crippen molar-refractivity contribution in [2.24, 2.45) is 0 Å². The van der Waals surface area contributed by atoms with Gasteiger partial charge in [0.25, 0.3) is 11.8 Å². The van der Waals surface area contributed by atoms with E-state index in [0.29, 0.717) is 27.0 Å². The summed E-state index contributed by atoms with van der Waals surface area (Å²) in [5, 5.41) is 10.4. The predicted molar refractivity (Wildman–Crippen MR) is 126 cm³/mol. The molecule has 0 radical (unpaired) electrons. The van der Waals surface area contributed by atoms with Crippen LogP contribution in [0.2, 0.25) is 10.0 Å². The number of anilines is 1. The summed E-state index contributed by atoms with van der Waals surface area (Å²) in [6.45, 7) is 5.02. The molecule has 2 N–H and O–H groups in total. The fourth-order valence-electron chi connectivity index (χ4n) is 3.19. The maximum atomic E-state index is 13.2. The van der Waals surface area contributed by atoms with Crippen LogP contribution in [-0.2, 0) is 9.53 Å². The minimum Gasteiger partial charge on any atom is -0.465 e. The molecule has 1 heterocycles. The van der Waals surface area contributed by atoms with Crippen LogP contribution in [-0.4, -0.2) is 40.7 Å². The molecule has 172 valence electrons. The first-order valence-electron chi connectivity index (χ1n) is 10.1. The van der Waals surface area contributed by atoms with E-state index < -0.39 is 17.8 Å². The smallest absolute Gasteiger partial charge is 0.325 e. The highest BCUT2D eigenvalue weighted by Crippen LogP contribution is 2.27. The third-order valence-electron chi connectivity index (χ3n) is 4.63. The highest BCUT2D eigenvalue weighted by molar-refractivity contribution is 6.32. The molecule has 1 aromatic heterocycles. The molecule has 8 nitrogen and oxygen atoms in total. The van der Waals surface area contributed by atoms with Gasteiger partial charge in [0.15, 0.2) is 0 Å². The monoisotopic (exact) mass is 488 g/mol. The lowest BCUT2D eigenvalue weighted by molar-refractivity contribution is -0.141. The topological polar surface area (TPSA) is 102 Å². The van der Waals surface area contributed by atoms with Crippen LogP contribution in [0, 0.1) is 13.8 Å². The molecule has 0 saturated heterocycles. The van der Waals surface area contributed by atoms with Crippen LogP contribution in [0.4, 0.5) is 5.69 Å². The van der Waals surface area contributed by atoms with E-state index in [0.717, 1.165) is 0 Å². The second-order valence-corrected chi connectivity index (χ2v) is 7.96. The maximum absolute atomic E-state index is 13.2. The van der Waals surface area contributed by atoms with Gasteiger partial charge in [0.1, 0.15) is 12.2 Å². The first kappa shape index (κ1) is 24.3. The zero-order valence-corrected chi connectivity index (χ0v) is 19.8. The molecule has 3 rings (SSSR count). The Morgan fingerprint density at radius 1 is 1.06 bits per heavy atom. The highest BCUT2D eigenvalue weighted by atomic mass is 35.5. The number of nitrogens with one attached hydrogen (secondary N) is 2. The van der Waals surface area contributed by atoms with Crippen LogP contribution in [0.15, 0.2) is 42.5 Å². The largest absolute Gasteiger partial charge is 0.465 e. The second kappa shape index (κ2) is 10.5. The Kier molecular flexibility index (Phi) is 7.73. The molecular formula is C23H22Cl2N4O4. The van der Waals surface area contributed by atoms with Crippen molar-refractivity contribution in [3.05, 3.63) is 75.0 Å². The fraction of sp³-hybridized carbons (Fsp3) is 0.217. The number of esters is 1. The molecule has 0 fully saturated rings. The van der Waals surface area contributed by atoms with E-state index in [2.05, 4.69) is 15.7 Å². The summed E-state index contributed by atoms with van der Waals surface area (Å²) in [7, 11) is 0. The summed E-state index contributed by atoms with van der Waals surface area (Å²) in [5.41, 5.74) is 2.32. The lowest BCUT2D eigenvalue weighted by Crippen LogP contribution is -2.31. The van der Waals surface area contributed by atoms with Crippen molar-refractivity contribution in [3.8, 4) is 5.69 Å². The third kappa shape index (κ3) is 5.71. The molecule has 3 aromatic rings. The van der Waals surface area contributed by atoms with Gasteiger partial charge < -0.3 is 15.4 Å². The second-order valence-electron chi connectivity index (χ2n) is 7.12. The number of hydrogen-bond donors (Lipinski definition) is 2. The predicted octanol–water partition coefficient (Wildman–Crippen LogP) is 4.34. The van der Waals surface area contributed by atoms with Crippen molar-refractivity contribution < 1.29 is 19.1 Å². The van der Waals surface area contributed by atoms with Gasteiger partial charge in [-0.25, -0.2) is 4.68 Å². The number of nitrogens with zero attached hydrogens (tertiary/aromatic N) is 2. The molecule has 10 heteroatoms. The van der Waals surface area contributed by atoms with Crippen LogP contribution in [0.1, 0.15) is 39.0 Å². The Hall–Kier alpha value is -3.36. The molecule has 0 saturated carbocycles. The standard InChI is InChI=1S/C23H22Cl2N4O4/c1-4-33-20(30)12-26-22(31)16-11-15(24)9-13(2)21(16)27-23(32)19-10-14(3)28-29(19)18-8-6-5-7-17(18)25/h5-11H,4,12H2,1-3H3,(H,26,31)(H,27,32). The summed E-state index contributed by atoms with van der Waals surface area (Å²) < 4.78 is 6.27. The third-order valence-corrected chi connectivity index (χ3v) is 5.16. The number of halogens is 2. The fourth-order valence-corrected chi connectivity index (χ4v) is 3.68. The minimum atomic E-state index is -0.584. The molecule has 2 aromatic carbocycles. The summed E-state index contributed by atoms with van der Waals surface area (Å²) in [4.78, 5) is 37.6. The van der Waals surface area contributed by atoms with Crippen molar-refractivity contribution in [3.63, 3.8) is 0 Å². The molecule has 0 unspecified atom stereocenters. The van der Waals surface area contributed by atoms with Crippen molar-refractivity contribution in [1.82, 2.24) is 15.1 Å². The van der Waals surface area contributed by atoms with E-state index in [9.17, 15) is 14.4 Å². The number of ether oxygens (including phenoxy) is 1. The minimum absolute atomic E-state index is 0.109. The number of rotatable bonds is 7. The summed E-state index contributed by atoms with van der Waals surface area (Å²) in [5.74, 6) is -1.66. The van der Waals surface area contributed by atoms with E-state index >= 15 is 0 Å². The van der Waals surface area contributed by atoms with Crippen LogP contribution in [0.3, 0.4) is 0 Å². The van der Waals surface area contributed by atoms with Gasteiger partial charge in [0.2, 0.25) is 0 Å². The van der Waals surface area contributed by atoms with Crippen LogP contribution in [0.25, 0.3) is 5.69 Å². The van der Waals surface area contributed by atoms with Gasteiger partial charge in [-0.1, -0.05) is 35.3 Å². The quantitative estimate of drug-likeness (QED) is 0.481. The Morgan fingerprint density at radius 3 is 2.48 bits per heavy atom. The first-order chi connectivity index (χ1) is 15.7. The van der Waals surface area contributed by atoms with Crippen LogP contribution in [0.5, 0.6) is 0 Å². The average molecular weight is 489 g/mol. The van der Waals surface area contributed by atoms with Crippen molar-refractivity contribution in [2.75, 3.05) is 18.5 Å². The number of hydrogen-bond acceptors (Lipinski definition) is 5. The van der Waals surface area contributed by atoms with Gasteiger partial charge in [0.05, 0.1) is 34.3 Å². The first-order valence-corrected chi connectivity index (χ1v) is 10.8. The average Bonchev–Trinajstić information content (AvgIpc) is 3.15. The van der Waals surface area contributed by atoms with E-state index in [1.165, 1.54) is 10.7 Å². The summed E-state index contributed by atoms with van der Waals surface area (Å²) in [6.07, 6.45) is 0. The Morgan fingerprint density at radius 2 is 1.79 bits per heavy atom. The Balaban J connectivity index is 1.93. The number of aryl methyl sites for hydroxylation is 2. The number of para-hydroxylation sites is 1. The molecule has 0 bridgehead atoms. The number of benzene rings is 2. The lowest BCUT2D eigenvalue weighted by atomic mass is 10.1. The molecule has 0 atom stereocenters. The highest BCUT2D eigenvalue weighted by Gasteiger charge is 2.22. The molecule has 0 aliphatic heterocycles. The molecule has 2 amide bonds. The van der Waals surface area contributed by atoms with Gasteiger partial charge in [-0.2, -0.15) is 5.10 Å². The van der Waals surface area contributed by atoms with Gasteiger partial charge in [-0.15, -0.1) is 0 Å². The van der Waals surface area contributed by atoms with Gasteiger partial charge in [-0.3, -0.25) is 14.4 Å². The zero-order chi connectivity index (χ0) is 24.1. The molecular weight excluding hydrogens is 467 g/mol. The van der Waals surface area contributed by atoms with Crippen molar-refractivity contribution in [2.45, 2.75) is 20.8 Å². The van der Waals surface area contributed by atoms with Crippen LogP contribution < -0.4 is 10.6 Å². The van der Waals surface area contributed by atoms with E-state index in [1.807, 2.05) is 0 Å². The van der Waals surface area contributed by atoms with E-state index in [-0.39, 0.29) is 30.1 Å². The van der Waals surface area contributed by atoms with E-state index in [1.54, 1.807) is 57.2 Å². The number of carbonyl (C=O) groups is 3. The zero-order valence-electron chi connectivity index (χ0n) is 18.2. The summed E-state index contributed by atoms with van der Waals surface area (Å²) >= 11 is 12.4. The molecule has 0 aliphatic rings.